The second-order valence-electron chi connectivity index (χ2n) is 6.15. The lowest BCUT2D eigenvalue weighted by molar-refractivity contribution is -0.125. The number of nitrogens with one attached hydrogen (secondary N) is 2. The van der Waals surface area contributed by atoms with Crippen LogP contribution < -0.4 is 10.6 Å². The van der Waals surface area contributed by atoms with Crippen molar-refractivity contribution in [3.63, 3.8) is 0 Å². The van der Waals surface area contributed by atoms with E-state index in [0.29, 0.717) is 33.0 Å². The Morgan fingerprint density at radius 1 is 1.09 bits per heavy atom. The minimum absolute atomic E-state index is 0.0514. The lowest BCUT2D eigenvalue weighted by atomic mass is 10.0. The third kappa shape index (κ3) is 11.4. The summed E-state index contributed by atoms with van der Waals surface area (Å²) in [7, 11) is 1.87. The van der Waals surface area contributed by atoms with E-state index in [4.69, 9.17) is 14.2 Å². The van der Waals surface area contributed by atoms with Crippen LogP contribution in [0.5, 0.6) is 0 Å². The Bertz CT molecular complexity index is 314. The molecule has 0 aliphatic rings. The summed E-state index contributed by atoms with van der Waals surface area (Å²) >= 11 is 0. The highest BCUT2D eigenvalue weighted by atomic mass is 19.1. The van der Waals surface area contributed by atoms with Gasteiger partial charge in [0, 0.05) is 12.5 Å². The monoisotopic (exact) mass is 336 g/mol. The summed E-state index contributed by atoms with van der Waals surface area (Å²) in [5.74, 6) is -0.319. The Labute approximate surface area is 139 Å². The van der Waals surface area contributed by atoms with Crippen LogP contribution in [-0.2, 0) is 19.0 Å². The topological polar surface area (TPSA) is 68.8 Å². The molecule has 1 amide bonds. The Morgan fingerprint density at radius 3 is 2.22 bits per heavy atom. The summed E-state index contributed by atoms with van der Waals surface area (Å²) in [6.07, 6.45) is -1.28. The average molecular weight is 336 g/mol. The summed E-state index contributed by atoms with van der Waals surface area (Å²) in [5, 5.41) is 5.56. The van der Waals surface area contributed by atoms with Gasteiger partial charge in [0.1, 0.15) is 6.17 Å². The van der Waals surface area contributed by atoms with Crippen LogP contribution in [0.4, 0.5) is 4.39 Å². The second kappa shape index (κ2) is 12.6. The van der Waals surface area contributed by atoms with Crippen molar-refractivity contribution in [2.75, 3.05) is 53.2 Å². The van der Waals surface area contributed by atoms with E-state index in [1.165, 1.54) is 0 Å². The van der Waals surface area contributed by atoms with Crippen molar-refractivity contribution < 1.29 is 23.4 Å². The molecule has 0 rings (SSSR count). The SMILES string of the molecule is CNCCOCCOCCOC(C)(C)C(F)CNC(=O)C(C)C. The van der Waals surface area contributed by atoms with Crippen LogP contribution >= 0.6 is 0 Å². The molecule has 0 radical (unpaired) electrons. The fraction of sp³-hybridized carbons (Fsp3) is 0.938. The first-order chi connectivity index (χ1) is 10.8. The number of hydrogen-bond donors (Lipinski definition) is 2. The molecular formula is C16H33FN2O4. The van der Waals surface area contributed by atoms with E-state index in [0.717, 1.165) is 6.54 Å². The Morgan fingerprint density at radius 2 is 1.65 bits per heavy atom. The third-order valence-corrected chi connectivity index (χ3v) is 3.30. The first-order valence-corrected chi connectivity index (χ1v) is 8.17. The van der Waals surface area contributed by atoms with Crippen LogP contribution in [0, 0.1) is 5.92 Å². The van der Waals surface area contributed by atoms with Gasteiger partial charge in [0.25, 0.3) is 0 Å². The normalized spacial score (nSPS) is 13.3. The first kappa shape index (κ1) is 22.2. The number of rotatable bonds is 14. The summed E-state index contributed by atoms with van der Waals surface area (Å²) in [5.41, 5.74) is -0.975. The zero-order chi connectivity index (χ0) is 17.7. The molecule has 0 spiro atoms. The van der Waals surface area contributed by atoms with Gasteiger partial charge in [-0.15, -0.1) is 0 Å². The summed E-state index contributed by atoms with van der Waals surface area (Å²) in [6.45, 7) is 9.96. The van der Waals surface area contributed by atoms with Crippen LogP contribution in [0.25, 0.3) is 0 Å². The molecule has 0 bridgehead atoms. The molecule has 0 aliphatic carbocycles. The summed E-state index contributed by atoms with van der Waals surface area (Å²) < 4.78 is 30.3. The highest BCUT2D eigenvalue weighted by Crippen LogP contribution is 2.17. The first-order valence-electron chi connectivity index (χ1n) is 8.17. The molecule has 2 N–H and O–H groups in total. The van der Waals surface area contributed by atoms with Crippen molar-refractivity contribution in [3.05, 3.63) is 0 Å². The minimum atomic E-state index is -1.28. The Hall–Kier alpha value is -0.760. The number of carbonyl (C=O) groups excluding carboxylic acids is 1. The van der Waals surface area contributed by atoms with Gasteiger partial charge < -0.3 is 24.8 Å². The van der Waals surface area contributed by atoms with Crippen LogP contribution in [0.3, 0.4) is 0 Å². The molecule has 6 nitrogen and oxygen atoms in total. The largest absolute Gasteiger partial charge is 0.378 e. The van der Waals surface area contributed by atoms with Crippen molar-refractivity contribution >= 4 is 5.91 Å². The molecule has 0 aromatic heterocycles. The maximum Gasteiger partial charge on any atom is 0.222 e. The number of hydrogen-bond acceptors (Lipinski definition) is 5. The fourth-order valence-electron chi connectivity index (χ4n) is 1.59. The molecule has 0 aliphatic heterocycles. The average Bonchev–Trinajstić information content (AvgIpc) is 2.50. The van der Waals surface area contributed by atoms with Gasteiger partial charge in [0.15, 0.2) is 0 Å². The van der Waals surface area contributed by atoms with E-state index >= 15 is 0 Å². The number of alkyl halides is 1. The van der Waals surface area contributed by atoms with Crippen LogP contribution in [0.2, 0.25) is 0 Å². The predicted octanol–water partition coefficient (Wildman–Crippen LogP) is 1.14. The number of halogens is 1. The number of carbonyl (C=O) groups is 1. The quantitative estimate of drug-likeness (QED) is 0.466. The predicted molar refractivity (Wildman–Crippen MR) is 88.3 cm³/mol. The standard InChI is InChI=1S/C16H33FN2O4/c1-13(2)15(20)19-12-14(17)16(3,4)23-11-10-22-9-8-21-7-6-18-5/h13-14,18H,6-12H2,1-5H3,(H,19,20). The number of ether oxygens (including phenoxy) is 3. The molecule has 0 fully saturated rings. The Kier molecular flexibility index (Phi) is 12.2. The van der Waals surface area contributed by atoms with E-state index in [2.05, 4.69) is 10.6 Å². The van der Waals surface area contributed by atoms with Crippen molar-refractivity contribution in [1.82, 2.24) is 10.6 Å². The molecule has 7 heteroatoms. The van der Waals surface area contributed by atoms with Gasteiger partial charge >= 0.3 is 0 Å². The lowest BCUT2D eigenvalue weighted by Crippen LogP contribution is -2.45. The van der Waals surface area contributed by atoms with Crippen LogP contribution in [0.1, 0.15) is 27.7 Å². The zero-order valence-electron chi connectivity index (χ0n) is 15.1. The van der Waals surface area contributed by atoms with Gasteiger partial charge in [-0.1, -0.05) is 13.8 Å². The molecular weight excluding hydrogens is 303 g/mol. The maximum absolute atomic E-state index is 14.1. The molecule has 23 heavy (non-hydrogen) atoms. The van der Waals surface area contributed by atoms with Gasteiger partial charge in [-0.25, -0.2) is 4.39 Å². The fourth-order valence-corrected chi connectivity index (χ4v) is 1.59. The van der Waals surface area contributed by atoms with Gasteiger partial charge in [0.2, 0.25) is 5.91 Å². The third-order valence-electron chi connectivity index (χ3n) is 3.30. The van der Waals surface area contributed by atoms with Crippen molar-refractivity contribution in [1.29, 1.82) is 0 Å². The van der Waals surface area contributed by atoms with Crippen molar-refractivity contribution in [2.24, 2.45) is 5.92 Å². The summed E-state index contributed by atoms with van der Waals surface area (Å²) in [6, 6.07) is 0. The van der Waals surface area contributed by atoms with Gasteiger partial charge in [0.05, 0.1) is 45.2 Å². The second-order valence-corrected chi connectivity index (χ2v) is 6.15. The molecule has 0 saturated carbocycles. The van der Waals surface area contributed by atoms with Gasteiger partial charge in [-0.3, -0.25) is 4.79 Å². The van der Waals surface area contributed by atoms with Crippen molar-refractivity contribution in [2.45, 2.75) is 39.5 Å². The highest BCUT2D eigenvalue weighted by Gasteiger charge is 2.30. The van der Waals surface area contributed by atoms with Crippen LogP contribution in [0.15, 0.2) is 0 Å². The van der Waals surface area contributed by atoms with E-state index in [1.54, 1.807) is 27.7 Å². The number of amides is 1. The number of likely N-dealkylation sites (N-methyl/N-ethyl adjacent to an activating group) is 1. The lowest BCUT2D eigenvalue weighted by Gasteiger charge is -2.29. The van der Waals surface area contributed by atoms with Gasteiger partial charge in [-0.2, -0.15) is 0 Å². The van der Waals surface area contributed by atoms with E-state index in [-0.39, 0.29) is 18.4 Å². The van der Waals surface area contributed by atoms with E-state index < -0.39 is 11.8 Å². The van der Waals surface area contributed by atoms with Crippen molar-refractivity contribution in [3.8, 4) is 0 Å². The molecule has 138 valence electrons. The molecule has 0 aromatic rings. The summed E-state index contributed by atoms with van der Waals surface area (Å²) in [4.78, 5) is 11.4. The molecule has 1 atom stereocenters. The minimum Gasteiger partial charge on any atom is -0.378 e. The van der Waals surface area contributed by atoms with Gasteiger partial charge in [-0.05, 0) is 20.9 Å². The zero-order valence-corrected chi connectivity index (χ0v) is 15.1. The molecule has 0 aromatic carbocycles. The van der Waals surface area contributed by atoms with E-state index in [9.17, 15) is 9.18 Å². The van der Waals surface area contributed by atoms with E-state index in [1.807, 2.05) is 7.05 Å². The maximum atomic E-state index is 14.1. The highest BCUT2D eigenvalue weighted by molar-refractivity contribution is 5.77. The smallest absolute Gasteiger partial charge is 0.222 e. The Balaban J connectivity index is 3.71. The molecule has 0 saturated heterocycles. The molecule has 0 heterocycles. The van der Waals surface area contributed by atoms with Crippen LogP contribution in [-0.4, -0.2) is 70.9 Å². The molecule has 1 unspecified atom stereocenters.